The third kappa shape index (κ3) is 5.51. The molecule has 4 heterocycles. The van der Waals surface area contributed by atoms with Crippen molar-refractivity contribution >= 4 is 50.3 Å². The number of hydrogen-bond acceptors (Lipinski definition) is 8. The van der Waals surface area contributed by atoms with E-state index in [-0.39, 0.29) is 39.7 Å². The summed E-state index contributed by atoms with van der Waals surface area (Å²) in [5, 5.41) is 3.48. The summed E-state index contributed by atoms with van der Waals surface area (Å²) in [4.78, 5) is 25.9. The van der Waals surface area contributed by atoms with Crippen LogP contribution in [0.2, 0.25) is 5.02 Å². The first-order valence-corrected chi connectivity index (χ1v) is 15.4. The number of carbonyl (C=O) groups excluding carboxylic acids is 1. The highest BCUT2D eigenvalue weighted by atomic mass is 79.9. The third-order valence-corrected chi connectivity index (χ3v) is 9.87. The fraction of sp³-hybridized carbons (Fsp3) is 0.679. The molecule has 224 valence electrons. The van der Waals surface area contributed by atoms with E-state index >= 15 is 4.39 Å². The summed E-state index contributed by atoms with van der Waals surface area (Å²) >= 11 is 9.79. The first kappa shape index (κ1) is 28.9. The second kappa shape index (κ2) is 10.8. The Hall–Kier alpha value is -2.18. The van der Waals surface area contributed by atoms with Crippen LogP contribution < -0.4 is 19.7 Å². The maximum Gasteiger partial charge on any atom is 0.407 e. The zero-order chi connectivity index (χ0) is 29.1. The number of nitrogens with one attached hydrogen (secondary N) is 1. The van der Waals surface area contributed by atoms with Gasteiger partial charge in [0.1, 0.15) is 41.3 Å². The van der Waals surface area contributed by atoms with E-state index in [2.05, 4.69) is 36.0 Å². The number of rotatable bonds is 5. The number of alkyl carbamates (subject to hydrolysis) is 1. The van der Waals surface area contributed by atoms with Crippen molar-refractivity contribution < 1.29 is 27.8 Å². The molecule has 13 heteroatoms. The lowest BCUT2D eigenvalue weighted by molar-refractivity contribution is 0.0505. The Balaban J connectivity index is 1.32. The third-order valence-electron chi connectivity index (χ3n) is 8.54. The van der Waals surface area contributed by atoms with Gasteiger partial charge >= 0.3 is 12.1 Å². The van der Waals surface area contributed by atoms with Crippen LogP contribution in [-0.4, -0.2) is 83.2 Å². The van der Waals surface area contributed by atoms with E-state index in [0.717, 1.165) is 32.2 Å². The number of alkyl halides is 1. The van der Waals surface area contributed by atoms with Crippen molar-refractivity contribution in [2.75, 3.05) is 37.7 Å². The highest BCUT2D eigenvalue weighted by Gasteiger charge is 2.49. The highest BCUT2D eigenvalue weighted by molar-refractivity contribution is 9.10. The molecule has 41 heavy (non-hydrogen) atoms. The van der Waals surface area contributed by atoms with Gasteiger partial charge in [-0.3, -0.25) is 4.90 Å². The van der Waals surface area contributed by atoms with Gasteiger partial charge in [0, 0.05) is 25.0 Å². The molecule has 1 aliphatic carbocycles. The van der Waals surface area contributed by atoms with Crippen molar-refractivity contribution in [3.05, 3.63) is 15.3 Å². The number of fused-ring (bicyclic) bond motifs is 1. The van der Waals surface area contributed by atoms with Gasteiger partial charge in [-0.25, -0.2) is 13.6 Å². The molecular formula is C28H35BrClF2N5O4. The molecule has 3 aliphatic heterocycles. The van der Waals surface area contributed by atoms with Crippen molar-refractivity contribution in [3.8, 4) is 11.8 Å². The maximum atomic E-state index is 15.7. The lowest BCUT2D eigenvalue weighted by Crippen LogP contribution is -2.43. The molecule has 2 saturated heterocycles. The summed E-state index contributed by atoms with van der Waals surface area (Å²) in [6.07, 6.45) is 3.06. The number of hydrogen-bond donors (Lipinski definition) is 1. The molecule has 2 aromatic rings. The van der Waals surface area contributed by atoms with Crippen LogP contribution in [0.5, 0.6) is 11.8 Å². The Morgan fingerprint density at radius 3 is 2.88 bits per heavy atom. The predicted octanol–water partition coefficient (Wildman–Crippen LogP) is 5.78. The van der Waals surface area contributed by atoms with Gasteiger partial charge in [-0.05, 0) is 75.4 Å². The quantitative estimate of drug-likeness (QED) is 0.405. The number of anilines is 1. The molecule has 1 N–H and O–H groups in total. The molecule has 9 nitrogen and oxygen atoms in total. The second-order valence-corrected chi connectivity index (χ2v) is 13.7. The minimum absolute atomic E-state index is 0.00744. The van der Waals surface area contributed by atoms with E-state index < -0.39 is 29.2 Å². The van der Waals surface area contributed by atoms with Crippen LogP contribution in [0.25, 0.3) is 10.9 Å². The molecule has 2 unspecified atom stereocenters. The van der Waals surface area contributed by atoms with E-state index in [1.807, 2.05) is 20.8 Å². The van der Waals surface area contributed by atoms with E-state index in [1.165, 1.54) is 0 Å². The van der Waals surface area contributed by atoms with Crippen LogP contribution in [0, 0.1) is 5.82 Å². The fourth-order valence-corrected chi connectivity index (χ4v) is 7.42. The van der Waals surface area contributed by atoms with Crippen molar-refractivity contribution in [2.45, 2.75) is 88.7 Å². The zero-order valence-corrected chi connectivity index (χ0v) is 25.8. The smallest absolute Gasteiger partial charge is 0.407 e. The lowest BCUT2D eigenvalue weighted by atomic mass is 9.95. The number of aromatic nitrogens is 2. The van der Waals surface area contributed by atoms with E-state index in [0.29, 0.717) is 49.5 Å². The molecule has 6 rings (SSSR count). The molecule has 0 radical (unpaired) electrons. The standard InChI is InChI=1S/C28H35BrClF2N5O4/c1-27(2,3)41-26(38)33-16-5-6-17(11-16)37-9-10-39-23-18-22(21(32)19(29)20(23)30)34-25(35-24(18)37)40-14-28-7-4-8-36(28)13-15(31)12-28/h15-17H,4-14H2,1-3H3,(H,33,38)/t15-,16?,17?,28+/m1/s1. The van der Waals surface area contributed by atoms with Gasteiger partial charge in [-0.15, -0.1) is 0 Å². The minimum atomic E-state index is -0.892. The monoisotopic (exact) mass is 657 g/mol. The molecular weight excluding hydrogens is 624 g/mol. The van der Waals surface area contributed by atoms with Crippen molar-refractivity contribution in [3.63, 3.8) is 0 Å². The number of nitrogens with zero attached hydrogens (tertiary/aromatic N) is 4. The molecule has 1 aromatic heterocycles. The van der Waals surface area contributed by atoms with Crippen LogP contribution in [-0.2, 0) is 4.74 Å². The largest absolute Gasteiger partial charge is 0.489 e. The van der Waals surface area contributed by atoms with E-state index in [9.17, 15) is 9.18 Å². The predicted molar refractivity (Wildman–Crippen MR) is 154 cm³/mol. The molecule has 1 saturated carbocycles. The SMILES string of the molecule is CC(C)(C)OC(=O)NC1CCC(N2CCOc3c(Cl)c(Br)c(F)c4nc(OC[C@@]56CCCN5C[C@H](F)C6)nc2c34)C1. The van der Waals surface area contributed by atoms with Gasteiger partial charge in [0.05, 0.1) is 21.9 Å². The van der Waals surface area contributed by atoms with Gasteiger partial charge in [0.2, 0.25) is 0 Å². The summed E-state index contributed by atoms with van der Waals surface area (Å²) in [6, 6.07) is -0.0596. The van der Waals surface area contributed by atoms with Crippen LogP contribution in [0.15, 0.2) is 4.47 Å². The molecule has 1 aromatic carbocycles. The summed E-state index contributed by atoms with van der Waals surface area (Å²) in [5.74, 6) is 0.162. The Bertz CT molecular complexity index is 1360. The number of carbonyl (C=O) groups is 1. The molecule has 1 amide bonds. The molecule has 4 aliphatic rings. The van der Waals surface area contributed by atoms with Gasteiger partial charge in [0.25, 0.3) is 0 Å². The summed E-state index contributed by atoms with van der Waals surface area (Å²) in [7, 11) is 0. The van der Waals surface area contributed by atoms with Crippen LogP contribution in [0.1, 0.15) is 59.3 Å². The fourth-order valence-electron chi connectivity index (χ4n) is 6.82. The Kier molecular flexibility index (Phi) is 7.64. The minimum Gasteiger partial charge on any atom is -0.489 e. The van der Waals surface area contributed by atoms with Crippen LogP contribution in [0.4, 0.5) is 19.4 Å². The van der Waals surface area contributed by atoms with Crippen molar-refractivity contribution in [2.24, 2.45) is 0 Å². The van der Waals surface area contributed by atoms with Gasteiger partial charge in [-0.2, -0.15) is 9.97 Å². The van der Waals surface area contributed by atoms with Crippen LogP contribution in [0.3, 0.4) is 0 Å². The van der Waals surface area contributed by atoms with Crippen molar-refractivity contribution in [1.29, 1.82) is 0 Å². The Morgan fingerprint density at radius 2 is 2.10 bits per heavy atom. The maximum absolute atomic E-state index is 15.7. The lowest BCUT2D eigenvalue weighted by Gasteiger charge is -2.32. The zero-order valence-electron chi connectivity index (χ0n) is 23.4. The highest BCUT2D eigenvalue weighted by Crippen LogP contribution is 2.47. The molecule has 3 fully saturated rings. The Labute approximate surface area is 251 Å². The summed E-state index contributed by atoms with van der Waals surface area (Å²) in [5.41, 5.74) is -0.946. The molecule has 0 bridgehead atoms. The molecule has 4 atom stereocenters. The number of halogens is 4. The first-order valence-electron chi connectivity index (χ1n) is 14.2. The normalized spacial score (nSPS) is 28.0. The van der Waals surface area contributed by atoms with Gasteiger partial charge in [-0.1, -0.05) is 11.6 Å². The average molecular weight is 659 g/mol. The first-order chi connectivity index (χ1) is 19.4. The van der Waals surface area contributed by atoms with E-state index in [4.69, 9.17) is 30.8 Å². The second-order valence-electron chi connectivity index (χ2n) is 12.5. The topological polar surface area (TPSA) is 89.0 Å². The summed E-state index contributed by atoms with van der Waals surface area (Å²) in [6.45, 7) is 7.72. The average Bonchev–Trinajstić information content (AvgIpc) is 3.54. The van der Waals surface area contributed by atoms with Gasteiger partial charge < -0.3 is 24.4 Å². The van der Waals surface area contributed by atoms with E-state index in [1.54, 1.807) is 0 Å². The number of amides is 1. The van der Waals surface area contributed by atoms with Crippen LogP contribution >= 0.6 is 27.5 Å². The van der Waals surface area contributed by atoms with Gasteiger partial charge in [0.15, 0.2) is 11.6 Å². The Morgan fingerprint density at radius 1 is 1.29 bits per heavy atom. The molecule has 0 spiro atoms. The van der Waals surface area contributed by atoms with Crippen molar-refractivity contribution in [1.82, 2.24) is 20.2 Å². The number of ether oxygens (including phenoxy) is 3. The number of benzene rings is 1. The summed E-state index contributed by atoms with van der Waals surface area (Å²) < 4.78 is 47.7.